The molecule has 0 bridgehead atoms. The molecule has 0 amide bonds. The number of carbonyl (C=O) groups is 2. The highest BCUT2D eigenvalue weighted by atomic mass is 31.2. The van der Waals surface area contributed by atoms with Crippen molar-refractivity contribution in [3.8, 4) is 0 Å². The van der Waals surface area contributed by atoms with Gasteiger partial charge in [-0.3, -0.25) is 18.6 Å². The first-order valence-corrected chi connectivity index (χ1v) is 39.9. The monoisotopic (exact) mass is 1290 g/mol. The molecule has 0 saturated carbocycles. The minimum atomic E-state index is -4.40. The first-order valence-electron chi connectivity index (χ1n) is 38.4. The molecule has 0 aliphatic rings. The van der Waals surface area contributed by atoms with Crippen molar-refractivity contribution in [2.24, 2.45) is 5.73 Å². The summed E-state index contributed by atoms with van der Waals surface area (Å²) < 4.78 is 33.2. The summed E-state index contributed by atoms with van der Waals surface area (Å²) in [4.78, 5) is 35.4. The van der Waals surface area contributed by atoms with Crippen LogP contribution in [0, 0.1) is 0 Å². The second kappa shape index (κ2) is 75.7. The van der Waals surface area contributed by atoms with Gasteiger partial charge in [-0.05, 0) is 83.5 Å². The fourth-order valence-electron chi connectivity index (χ4n) is 11.0. The number of nitrogens with two attached hydrogens (primary N) is 1. The number of allylic oxidation sites excluding steroid dienone is 18. The fourth-order valence-corrected chi connectivity index (χ4v) is 11.8. The van der Waals surface area contributed by atoms with Crippen LogP contribution >= 0.6 is 7.82 Å². The van der Waals surface area contributed by atoms with Gasteiger partial charge in [0.25, 0.3) is 0 Å². The average Bonchev–Trinajstić information content (AvgIpc) is 3.68. The molecule has 526 valence electrons. The Hall–Kier alpha value is -3.33. The van der Waals surface area contributed by atoms with E-state index in [4.69, 9.17) is 24.3 Å². The molecule has 10 heteroatoms. The van der Waals surface area contributed by atoms with Crippen LogP contribution in [0.5, 0.6) is 0 Å². The van der Waals surface area contributed by atoms with E-state index in [1.54, 1.807) is 0 Å². The Kier molecular flexibility index (Phi) is 72.9. The van der Waals surface area contributed by atoms with Crippen molar-refractivity contribution in [1.29, 1.82) is 0 Å². The van der Waals surface area contributed by atoms with Gasteiger partial charge in [0.05, 0.1) is 13.2 Å². The first kappa shape index (κ1) is 87.7. The van der Waals surface area contributed by atoms with E-state index >= 15 is 0 Å². The van der Waals surface area contributed by atoms with E-state index < -0.39 is 26.5 Å². The van der Waals surface area contributed by atoms with Crippen LogP contribution in [0.3, 0.4) is 0 Å². The second-order valence-corrected chi connectivity index (χ2v) is 27.0. The van der Waals surface area contributed by atoms with Gasteiger partial charge in [-0.25, -0.2) is 4.57 Å². The molecular weight excluding hydrogens is 1150 g/mol. The lowest BCUT2D eigenvalue weighted by Gasteiger charge is -2.19. The van der Waals surface area contributed by atoms with Crippen molar-refractivity contribution in [1.82, 2.24) is 0 Å². The zero-order valence-corrected chi connectivity index (χ0v) is 60.2. The van der Waals surface area contributed by atoms with E-state index in [2.05, 4.69) is 123 Å². The molecule has 0 rings (SSSR count). The highest BCUT2D eigenvalue weighted by Crippen LogP contribution is 2.43. The van der Waals surface area contributed by atoms with Crippen LogP contribution < -0.4 is 5.73 Å². The molecule has 91 heavy (non-hydrogen) atoms. The van der Waals surface area contributed by atoms with Crippen LogP contribution in [0.4, 0.5) is 0 Å². The summed E-state index contributed by atoms with van der Waals surface area (Å²) in [5.74, 6) is -0.832. The first-order chi connectivity index (χ1) is 44.8. The molecule has 0 aromatic heterocycles. The van der Waals surface area contributed by atoms with Gasteiger partial charge >= 0.3 is 19.8 Å². The van der Waals surface area contributed by atoms with Crippen molar-refractivity contribution < 1.29 is 37.6 Å². The number of ether oxygens (including phenoxy) is 2. The summed E-state index contributed by atoms with van der Waals surface area (Å²) in [6.07, 6.45) is 105. The maximum Gasteiger partial charge on any atom is 0.472 e. The molecule has 9 nitrogen and oxygen atoms in total. The predicted molar refractivity (Wildman–Crippen MR) is 395 cm³/mol. The van der Waals surface area contributed by atoms with Crippen molar-refractivity contribution in [2.45, 2.75) is 367 Å². The number of phosphoric acid groups is 1. The van der Waals surface area contributed by atoms with Crippen molar-refractivity contribution in [2.75, 3.05) is 26.4 Å². The highest BCUT2D eigenvalue weighted by molar-refractivity contribution is 7.47. The second-order valence-electron chi connectivity index (χ2n) is 25.5. The molecule has 0 aliphatic carbocycles. The number of hydrogen-bond donors (Lipinski definition) is 2. The van der Waals surface area contributed by atoms with Gasteiger partial charge in [-0.2, -0.15) is 0 Å². The number of esters is 2. The molecule has 0 spiro atoms. The Bertz CT molecular complexity index is 1860. The molecule has 0 radical (unpaired) electrons. The van der Waals surface area contributed by atoms with Crippen LogP contribution in [0.2, 0.25) is 0 Å². The maximum absolute atomic E-state index is 12.8. The van der Waals surface area contributed by atoms with Crippen molar-refractivity contribution in [3.63, 3.8) is 0 Å². The third kappa shape index (κ3) is 75.6. The molecule has 0 aromatic carbocycles. The summed E-state index contributed by atoms with van der Waals surface area (Å²) in [5, 5.41) is 0. The Morgan fingerprint density at radius 2 is 0.604 bits per heavy atom. The van der Waals surface area contributed by atoms with Gasteiger partial charge in [0.15, 0.2) is 6.10 Å². The van der Waals surface area contributed by atoms with E-state index in [0.717, 1.165) is 103 Å². The van der Waals surface area contributed by atoms with E-state index in [9.17, 15) is 19.0 Å². The average molecular weight is 1290 g/mol. The summed E-state index contributed by atoms with van der Waals surface area (Å²) >= 11 is 0. The smallest absolute Gasteiger partial charge is 0.462 e. The Morgan fingerprint density at radius 1 is 0.341 bits per heavy atom. The highest BCUT2D eigenvalue weighted by Gasteiger charge is 2.26. The van der Waals surface area contributed by atoms with Gasteiger partial charge in [0.1, 0.15) is 6.61 Å². The van der Waals surface area contributed by atoms with Crippen LogP contribution in [0.15, 0.2) is 109 Å². The van der Waals surface area contributed by atoms with Crippen LogP contribution in [-0.4, -0.2) is 49.3 Å². The lowest BCUT2D eigenvalue weighted by molar-refractivity contribution is -0.161. The normalized spacial score (nSPS) is 13.5. The summed E-state index contributed by atoms with van der Waals surface area (Å²) in [5.41, 5.74) is 5.41. The molecule has 0 aliphatic heterocycles. The number of carbonyl (C=O) groups excluding carboxylic acids is 2. The Morgan fingerprint density at radius 3 is 0.901 bits per heavy atom. The zero-order valence-electron chi connectivity index (χ0n) is 59.3. The van der Waals surface area contributed by atoms with Crippen molar-refractivity contribution in [3.05, 3.63) is 109 Å². The Labute approximate surface area is 562 Å². The van der Waals surface area contributed by atoms with E-state index in [0.29, 0.717) is 6.42 Å². The predicted octanol–water partition coefficient (Wildman–Crippen LogP) is 25.6. The molecule has 0 aromatic rings. The van der Waals surface area contributed by atoms with E-state index in [-0.39, 0.29) is 38.6 Å². The van der Waals surface area contributed by atoms with Crippen LogP contribution in [0.1, 0.15) is 361 Å². The van der Waals surface area contributed by atoms with Gasteiger partial charge in [0.2, 0.25) is 0 Å². The molecule has 2 atom stereocenters. The number of unbranched alkanes of at least 4 members (excludes halogenated alkanes) is 41. The lowest BCUT2D eigenvalue weighted by Crippen LogP contribution is -2.29. The van der Waals surface area contributed by atoms with Crippen molar-refractivity contribution >= 4 is 19.8 Å². The number of phosphoric ester groups is 1. The van der Waals surface area contributed by atoms with Gasteiger partial charge in [-0.15, -0.1) is 0 Å². The number of rotatable bonds is 72. The standard InChI is InChI=1S/C81H144NO8P/c1-3-5-7-9-11-13-15-17-19-21-23-25-27-29-31-33-35-37-39-41-43-45-47-49-51-53-55-57-59-61-63-65-67-69-71-73-80(83)87-77-79(78-89-91(85,86)88-76-75-82)90-81(84)74-72-70-68-66-64-62-60-58-56-54-52-50-48-46-44-42-40-38-36-34-32-30-28-26-24-22-20-18-16-14-12-10-8-6-4-2/h6,8,12,14,18,20,24,26,30,32,36,38,42,44,48,50,54,56,79H,3-5,7,9-11,13,15-17,19,21-23,25,27-29,31,33-35,37,39-41,43,45-47,49,51-53,55,57-78,82H2,1-2H3,(H,85,86)/b8-6-,14-12-,20-18-,26-24-,32-30-,38-36-,44-42-,50-48-,56-54-. The molecule has 0 heterocycles. The van der Waals surface area contributed by atoms with Gasteiger partial charge < -0.3 is 20.1 Å². The van der Waals surface area contributed by atoms with Gasteiger partial charge in [-0.1, -0.05) is 374 Å². The molecule has 3 N–H and O–H groups in total. The SMILES string of the molecule is CC/C=C\C/C=C\C/C=C\C/C=C\C/C=C\C/C=C\C/C=C\C/C=C\C/C=C\CCCCCCCCCC(=O)OC(COC(=O)CCCCCCCCCCCCCCCCCCCCCCCCCCCCCCCCCCCCC)COP(=O)(O)OCCN. The fraction of sp³-hybridized carbons (Fsp3) is 0.753. The zero-order chi connectivity index (χ0) is 65.8. The van der Waals surface area contributed by atoms with Crippen LogP contribution in [-0.2, 0) is 32.7 Å². The summed E-state index contributed by atoms with van der Waals surface area (Å²) in [6.45, 7) is 3.66. The minimum Gasteiger partial charge on any atom is -0.462 e. The summed E-state index contributed by atoms with van der Waals surface area (Å²) in [6, 6.07) is 0. The topological polar surface area (TPSA) is 134 Å². The molecule has 2 unspecified atom stereocenters. The quantitative estimate of drug-likeness (QED) is 0.0264. The van der Waals surface area contributed by atoms with Crippen LogP contribution in [0.25, 0.3) is 0 Å². The third-order valence-corrected chi connectivity index (χ3v) is 17.7. The van der Waals surface area contributed by atoms with E-state index in [1.165, 1.54) is 225 Å². The summed E-state index contributed by atoms with van der Waals surface area (Å²) in [7, 11) is -4.40. The molecule has 0 fully saturated rings. The largest absolute Gasteiger partial charge is 0.472 e. The number of hydrogen-bond acceptors (Lipinski definition) is 8. The minimum absolute atomic E-state index is 0.0479. The molecular formula is C81H144NO8P. The third-order valence-electron chi connectivity index (χ3n) is 16.7. The lowest BCUT2D eigenvalue weighted by atomic mass is 10.0. The maximum atomic E-state index is 12.8. The van der Waals surface area contributed by atoms with Gasteiger partial charge in [0, 0.05) is 19.4 Å². The Balaban J connectivity index is 3.87. The van der Waals surface area contributed by atoms with E-state index in [1.807, 2.05) is 0 Å². The molecule has 0 saturated heterocycles.